The fourth-order valence-corrected chi connectivity index (χ4v) is 4.38. The van der Waals surface area contributed by atoms with Crippen molar-refractivity contribution in [2.24, 2.45) is 0 Å². The number of anilines is 1. The molecular formula is C23H29N3O3. The largest absolute Gasteiger partial charge is 0.493 e. The molecule has 1 aromatic carbocycles. The third-order valence-electron chi connectivity index (χ3n) is 5.88. The molecule has 0 unspecified atom stereocenters. The van der Waals surface area contributed by atoms with Crippen LogP contribution in [0.1, 0.15) is 42.2 Å². The summed E-state index contributed by atoms with van der Waals surface area (Å²) < 4.78 is 7.55. The van der Waals surface area contributed by atoms with Crippen molar-refractivity contribution < 1.29 is 9.53 Å². The molecule has 0 saturated carbocycles. The van der Waals surface area contributed by atoms with Gasteiger partial charge in [0.25, 0.3) is 11.5 Å². The highest BCUT2D eigenvalue weighted by Gasteiger charge is 2.29. The summed E-state index contributed by atoms with van der Waals surface area (Å²) in [5, 5.41) is 0. The molecule has 4 rings (SSSR count). The summed E-state index contributed by atoms with van der Waals surface area (Å²) in [6, 6.07) is 11.8. The number of ether oxygens (including phenoxy) is 1. The molecule has 0 spiro atoms. The second-order valence-corrected chi connectivity index (χ2v) is 7.68. The number of aromatic nitrogens is 1. The summed E-state index contributed by atoms with van der Waals surface area (Å²) in [4.78, 5) is 30.4. The molecule has 3 heterocycles. The molecule has 0 radical (unpaired) electrons. The number of hydrogen-bond acceptors (Lipinski definition) is 4. The van der Waals surface area contributed by atoms with Gasteiger partial charge in [-0.1, -0.05) is 24.6 Å². The highest BCUT2D eigenvalue weighted by Crippen LogP contribution is 2.27. The summed E-state index contributed by atoms with van der Waals surface area (Å²) in [5.74, 6) is 0.438. The second-order valence-electron chi connectivity index (χ2n) is 7.68. The number of hydrogen-bond donors (Lipinski definition) is 0. The van der Waals surface area contributed by atoms with Crippen molar-refractivity contribution in [1.82, 2.24) is 9.47 Å². The topological polar surface area (TPSA) is 54.8 Å². The third-order valence-corrected chi connectivity index (χ3v) is 5.88. The van der Waals surface area contributed by atoms with E-state index in [0.717, 1.165) is 44.5 Å². The van der Waals surface area contributed by atoms with E-state index in [1.54, 1.807) is 4.57 Å². The summed E-state index contributed by atoms with van der Waals surface area (Å²) in [6.45, 7) is 5.93. The Morgan fingerprint density at radius 3 is 2.48 bits per heavy atom. The fraction of sp³-hybridized carbons (Fsp3) is 0.478. The monoisotopic (exact) mass is 395 g/mol. The Labute approximate surface area is 171 Å². The van der Waals surface area contributed by atoms with Crippen molar-refractivity contribution in [2.45, 2.75) is 39.2 Å². The molecule has 0 atom stereocenters. The normalized spacial score (nSPS) is 16.9. The highest BCUT2D eigenvalue weighted by molar-refractivity contribution is 5.98. The molecule has 0 N–H and O–H groups in total. The van der Waals surface area contributed by atoms with Gasteiger partial charge in [-0.2, -0.15) is 0 Å². The minimum atomic E-state index is -0.0594. The maximum atomic E-state index is 13.5. The first-order valence-corrected chi connectivity index (χ1v) is 10.7. The van der Waals surface area contributed by atoms with Crippen LogP contribution in [0.4, 0.5) is 5.69 Å². The maximum Gasteiger partial charge on any atom is 0.259 e. The van der Waals surface area contributed by atoms with E-state index in [9.17, 15) is 9.59 Å². The number of carbonyl (C=O) groups excluding carboxylic acids is 1. The van der Waals surface area contributed by atoms with Crippen molar-refractivity contribution in [1.29, 1.82) is 0 Å². The SMILES string of the molecule is CCOc1cc(=O)n2c(c1C(=O)N1CCN(c3ccccc3)CC1)CCCCC2. The first kappa shape index (κ1) is 19.6. The lowest BCUT2D eigenvalue weighted by atomic mass is 10.1. The van der Waals surface area contributed by atoms with Crippen molar-refractivity contribution in [3.8, 4) is 5.75 Å². The second kappa shape index (κ2) is 8.72. The zero-order chi connectivity index (χ0) is 20.2. The van der Waals surface area contributed by atoms with Gasteiger partial charge in [0, 0.05) is 50.2 Å². The quantitative estimate of drug-likeness (QED) is 0.799. The van der Waals surface area contributed by atoms with Gasteiger partial charge in [0.15, 0.2) is 0 Å². The summed E-state index contributed by atoms with van der Waals surface area (Å²) in [7, 11) is 0. The minimum Gasteiger partial charge on any atom is -0.493 e. The van der Waals surface area contributed by atoms with Gasteiger partial charge in [0.2, 0.25) is 0 Å². The smallest absolute Gasteiger partial charge is 0.259 e. The zero-order valence-electron chi connectivity index (χ0n) is 17.1. The lowest BCUT2D eigenvalue weighted by Crippen LogP contribution is -2.49. The lowest BCUT2D eigenvalue weighted by Gasteiger charge is -2.36. The number of amides is 1. The number of para-hydroxylation sites is 1. The summed E-state index contributed by atoms with van der Waals surface area (Å²) in [5.41, 5.74) is 2.58. The number of nitrogens with zero attached hydrogens (tertiary/aromatic N) is 3. The van der Waals surface area contributed by atoms with Crippen molar-refractivity contribution >= 4 is 11.6 Å². The van der Waals surface area contributed by atoms with Gasteiger partial charge in [-0.15, -0.1) is 0 Å². The average molecular weight is 396 g/mol. The van der Waals surface area contributed by atoms with E-state index < -0.39 is 0 Å². The van der Waals surface area contributed by atoms with E-state index >= 15 is 0 Å². The molecular weight excluding hydrogens is 366 g/mol. The molecule has 154 valence electrons. The number of pyridine rings is 1. The van der Waals surface area contributed by atoms with Crippen LogP contribution >= 0.6 is 0 Å². The Morgan fingerprint density at radius 2 is 1.76 bits per heavy atom. The van der Waals surface area contributed by atoms with E-state index in [-0.39, 0.29) is 11.5 Å². The molecule has 0 bridgehead atoms. The fourth-order valence-electron chi connectivity index (χ4n) is 4.38. The van der Waals surface area contributed by atoms with Gasteiger partial charge >= 0.3 is 0 Å². The van der Waals surface area contributed by atoms with Gasteiger partial charge in [0.05, 0.1) is 6.61 Å². The van der Waals surface area contributed by atoms with E-state index in [4.69, 9.17) is 4.74 Å². The first-order valence-electron chi connectivity index (χ1n) is 10.7. The van der Waals surface area contributed by atoms with Crippen LogP contribution in [0.3, 0.4) is 0 Å². The van der Waals surface area contributed by atoms with Crippen LogP contribution in [0.2, 0.25) is 0 Å². The number of fused-ring (bicyclic) bond motifs is 1. The van der Waals surface area contributed by atoms with Crippen LogP contribution in [0.5, 0.6) is 5.75 Å². The van der Waals surface area contributed by atoms with Gasteiger partial charge < -0.3 is 19.1 Å². The van der Waals surface area contributed by atoms with Crippen LogP contribution in [-0.4, -0.2) is 48.2 Å². The predicted octanol–water partition coefficient (Wildman–Crippen LogP) is 2.94. The Bertz CT molecular complexity index is 915. The van der Waals surface area contributed by atoms with Crippen LogP contribution in [-0.2, 0) is 13.0 Å². The molecule has 2 aliphatic rings. The molecule has 29 heavy (non-hydrogen) atoms. The van der Waals surface area contributed by atoms with Crippen molar-refractivity contribution in [3.63, 3.8) is 0 Å². The van der Waals surface area contributed by atoms with E-state index in [1.807, 2.05) is 30.0 Å². The molecule has 6 heteroatoms. The van der Waals surface area contributed by atoms with Crippen LogP contribution in [0.15, 0.2) is 41.2 Å². The highest BCUT2D eigenvalue weighted by atomic mass is 16.5. The van der Waals surface area contributed by atoms with Crippen LogP contribution in [0, 0.1) is 0 Å². The van der Waals surface area contributed by atoms with Gasteiger partial charge in [-0.3, -0.25) is 9.59 Å². The lowest BCUT2D eigenvalue weighted by molar-refractivity contribution is 0.0740. The van der Waals surface area contributed by atoms with Crippen LogP contribution < -0.4 is 15.2 Å². The van der Waals surface area contributed by atoms with Gasteiger partial charge in [-0.05, 0) is 38.3 Å². The maximum absolute atomic E-state index is 13.5. The molecule has 2 aliphatic heterocycles. The van der Waals surface area contributed by atoms with Crippen molar-refractivity contribution in [2.75, 3.05) is 37.7 Å². The molecule has 1 amide bonds. The molecule has 1 fully saturated rings. The Balaban J connectivity index is 1.60. The van der Waals surface area contributed by atoms with Gasteiger partial charge in [0.1, 0.15) is 11.3 Å². The standard InChI is InChI=1S/C23H29N3O3/c1-2-29-20-17-21(27)26-12-8-4-7-11-19(26)22(20)23(28)25-15-13-24(14-16-25)18-9-5-3-6-10-18/h3,5-6,9-10,17H,2,4,7-8,11-16H2,1H3. The Kier molecular flexibility index (Phi) is 5.88. The number of benzene rings is 1. The minimum absolute atomic E-state index is 0.00758. The zero-order valence-corrected chi connectivity index (χ0v) is 17.1. The van der Waals surface area contributed by atoms with E-state index in [0.29, 0.717) is 37.6 Å². The summed E-state index contributed by atoms with van der Waals surface area (Å²) in [6.07, 6.45) is 3.80. The van der Waals surface area contributed by atoms with E-state index in [1.165, 1.54) is 11.8 Å². The Hall–Kier alpha value is -2.76. The number of carbonyl (C=O) groups is 1. The average Bonchev–Trinajstić information content (AvgIpc) is 3.01. The predicted molar refractivity (Wildman–Crippen MR) is 114 cm³/mol. The van der Waals surface area contributed by atoms with Crippen molar-refractivity contribution in [3.05, 3.63) is 58.0 Å². The molecule has 1 aromatic heterocycles. The van der Waals surface area contributed by atoms with E-state index in [2.05, 4.69) is 17.0 Å². The van der Waals surface area contributed by atoms with Gasteiger partial charge in [-0.25, -0.2) is 0 Å². The Morgan fingerprint density at radius 1 is 1.00 bits per heavy atom. The number of piperazine rings is 1. The molecule has 0 aliphatic carbocycles. The first-order chi connectivity index (χ1) is 14.2. The molecule has 6 nitrogen and oxygen atoms in total. The molecule has 1 saturated heterocycles. The number of rotatable bonds is 4. The van der Waals surface area contributed by atoms with Crippen LogP contribution in [0.25, 0.3) is 0 Å². The molecule has 2 aromatic rings. The summed E-state index contributed by atoms with van der Waals surface area (Å²) >= 11 is 0. The third kappa shape index (κ3) is 4.02.